The lowest BCUT2D eigenvalue weighted by Crippen LogP contribution is -2.44. The van der Waals surface area contributed by atoms with Crippen LogP contribution in [0.15, 0.2) is 24.3 Å². The number of esters is 2. The summed E-state index contributed by atoms with van der Waals surface area (Å²) in [5.74, 6) is -1.56. The van der Waals surface area contributed by atoms with Gasteiger partial charge in [0, 0.05) is 6.42 Å². The monoisotopic (exact) mass is 268 g/mol. The van der Waals surface area contributed by atoms with E-state index in [9.17, 15) is 14.7 Å². The number of benzene rings is 1. The van der Waals surface area contributed by atoms with Gasteiger partial charge in [0.25, 0.3) is 0 Å². The summed E-state index contributed by atoms with van der Waals surface area (Å²) in [5, 5.41) is 19.4. The van der Waals surface area contributed by atoms with Gasteiger partial charge in [0.1, 0.15) is 5.75 Å². The highest BCUT2D eigenvalue weighted by Crippen LogP contribution is 2.21. The molecule has 1 aromatic rings. The molecular weight excluding hydrogens is 252 g/mol. The Morgan fingerprint density at radius 2 is 1.74 bits per heavy atom. The van der Waals surface area contributed by atoms with E-state index in [0.29, 0.717) is 5.56 Å². The van der Waals surface area contributed by atoms with Gasteiger partial charge in [-0.3, -0.25) is 4.79 Å². The van der Waals surface area contributed by atoms with Crippen LogP contribution in [0.5, 0.6) is 5.75 Å². The SMILES string of the molecule is COC(=O)C[C@@](O)(Cc1ccc(O)cc1)C(=O)OC. The first-order valence-electron chi connectivity index (χ1n) is 5.57. The van der Waals surface area contributed by atoms with E-state index in [2.05, 4.69) is 9.47 Å². The number of hydrogen-bond donors (Lipinski definition) is 2. The van der Waals surface area contributed by atoms with E-state index in [4.69, 9.17) is 5.11 Å². The van der Waals surface area contributed by atoms with E-state index in [1.165, 1.54) is 19.2 Å². The maximum absolute atomic E-state index is 11.6. The Balaban J connectivity index is 2.94. The third kappa shape index (κ3) is 3.96. The van der Waals surface area contributed by atoms with Crippen molar-refractivity contribution in [3.8, 4) is 5.75 Å². The largest absolute Gasteiger partial charge is 0.508 e. The summed E-state index contributed by atoms with van der Waals surface area (Å²) >= 11 is 0. The predicted octanol–water partition coefficient (Wildman–Crippen LogP) is 0.402. The smallest absolute Gasteiger partial charge is 0.338 e. The lowest BCUT2D eigenvalue weighted by atomic mass is 9.91. The fourth-order valence-electron chi connectivity index (χ4n) is 1.66. The van der Waals surface area contributed by atoms with Crippen LogP contribution < -0.4 is 0 Å². The molecule has 1 aromatic carbocycles. The van der Waals surface area contributed by atoms with Gasteiger partial charge in [0.05, 0.1) is 20.6 Å². The highest BCUT2D eigenvalue weighted by Gasteiger charge is 2.40. The van der Waals surface area contributed by atoms with Crippen molar-refractivity contribution in [1.82, 2.24) is 0 Å². The summed E-state index contributed by atoms with van der Waals surface area (Å²) < 4.78 is 8.96. The Hall–Kier alpha value is -2.08. The third-order valence-corrected chi connectivity index (χ3v) is 2.66. The number of carbonyl (C=O) groups excluding carboxylic acids is 2. The maximum atomic E-state index is 11.6. The topological polar surface area (TPSA) is 93.1 Å². The van der Waals surface area contributed by atoms with Crippen molar-refractivity contribution in [2.45, 2.75) is 18.4 Å². The number of ether oxygens (including phenoxy) is 2. The van der Waals surface area contributed by atoms with Gasteiger partial charge in [-0.25, -0.2) is 4.79 Å². The first kappa shape index (κ1) is 15.0. The average Bonchev–Trinajstić information content (AvgIpc) is 2.40. The molecule has 6 nitrogen and oxygen atoms in total. The average molecular weight is 268 g/mol. The van der Waals surface area contributed by atoms with Crippen LogP contribution >= 0.6 is 0 Å². The van der Waals surface area contributed by atoms with Crippen LogP contribution in [0.25, 0.3) is 0 Å². The van der Waals surface area contributed by atoms with Gasteiger partial charge in [-0.05, 0) is 17.7 Å². The lowest BCUT2D eigenvalue weighted by molar-refractivity contribution is -0.169. The van der Waals surface area contributed by atoms with E-state index in [-0.39, 0.29) is 12.2 Å². The number of rotatable bonds is 5. The van der Waals surface area contributed by atoms with Crippen molar-refractivity contribution in [1.29, 1.82) is 0 Å². The molecule has 0 saturated heterocycles. The molecule has 0 amide bonds. The molecule has 0 aliphatic rings. The fourth-order valence-corrected chi connectivity index (χ4v) is 1.66. The first-order valence-corrected chi connectivity index (χ1v) is 5.57. The summed E-state index contributed by atoms with van der Waals surface area (Å²) in [6.07, 6.45) is -0.619. The van der Waals surface area contributed by atoms with Crippen LogP contribution in [0, 0.1) is 0 Å². The maximum Gasteiger partial charge on any atom is 0.338 e. The second kappa shape index (κ2) is 6.19. The molecule has 0 spiro atoms. The molecule has 0 aromatic heterocycles. The van der Waals surface area contributed by atoms with Crippen LogP contribution in [0.4, 0.5) is 0 Å². The van der Waals surface area contributed by atoms with Crippen molar-refractivity contribution in [3.63, 3.8) is 0 Å². The Morgan fingerprint density at radius 1 is 1.16 bits per heavy atom. The quantitative estimate of drug-likeness (QED) is 0.751. The molecule has 0 bridgehead atoms. The number of phenols is 1. The Kier molecular flexibility index (Phi) is 4.88. The summed E-state index contributed by atoms with van der Waals surface area (Å²) in [6, 6.07) is 5.93. The molecule has 19 heavy (non-hydrogen) atoms. The zero-order chi connectivity index (χ0) is 14.5. The molecule has 2 N–H and O–H groups in total. The Morgan fingerprint density at radius 3 is 2.21 bits per heavy atom. The zero-order valence-corrected chi connectivity index (χ0v) is 10.8. The van der Waals surface area contributed by atoms with Crippen molar-refractivity contribution >= 4 is 11.9 Å². The molecule has 0 aliphatic carbocycles. The van der Waals surface area contributed by atoms with Crippen molar-refractivity contribution in [2.24, 2.45) is 0 Å². The molecule has 0 aliphatic heterocycles. The molecule has 0 unspecified atom stereocenters. The molecule has 6 heteroatoms. The number of methoxy groups -OCH3 is 2. The Labute approximate surface area is 110 Å². The van der Waals surface area contributed by atoms with Crippen LogP contribution in [-0.2, 0) is 25.5 Å². The van der Waals surface area contributed by atoms with Crippen molar-refractivity contribution < 1.29 is 29.3 Å². The van der Waals surface area contributed by atoms with Crippen molar-refractivity contribution in [3.05, 3.63) is 29.8 Å². The summed E-state index contributed by atoms with van der Waals surface area (Å²) in [6.45, 7) is 0. The van der Waals surface area contributed by atoms with Crippen LogP contribution in [-0.4, -0.2) is 42.0 Å². The minimum Gasteiger partial charge on any atom is -0.508 e. The van der Waals surface area contributed by atoms with Gasteiger partial charge in [-0.2, -0.15) is 0 Å². The van der Waals surface area contributed by atoms with Crippen LogP contribution in [0.1, 0.15) is 12.0 Å². The summed E-state index contributed by atoms with van der Waals surface area (Å²) in [7, 11) is 2.29. The molecule has 104 valence electrons. The van der Waals surface area contributed by atoms with E-state index < -0.39 is 24.0 Å². The number of aliphatic hydroxyl groups is 1. The zero-order valence-electron chi connectivity index (χ0n) is 10.8. The second-order valence-electron chi connectivity index (χ2n) is 4.12. The predicted molar refractivity (Wildman–Crippen MR) is 65.4 cm³/mol. The molecular formula is C13H16O6. The fraction of sp³-hybridized carbons (Fsp3) is 0.385. The summed E-state index contributed by atoms with van der Waals surface area (Å²) in [4.78, 5) is 22.9. The van der Waals surface area contributed by atoms with Crippen molar-refractivity contribution in [2.75, 3.05) is 14.2 Å². The van der Waals surface area contributed by atoms with E-state index in [0.717, 1.165) is 7.11 Å². The normalized spacial score (nSPS) is 13.4. The van der Waals surface area contributed by atoms with E-state index in [1.807, 2.05) is 0 Å². The van der Waals surface area contributed by atoms with Gasteiger partial charge >= 0.3 is 11.9 Å². The molecule has 0 saturated carbocycles. The molecule has 0 radical (unpaired) electrons. The van der Waals surface area contributed by atoms with E-state index >= 15 is 0 Å². The number of aromatic hydroxyl groups is 1. The van der Waals surface area contributed by atoms with Crippen LogP contribution in [0.3, 0.4) is 0 Å². The minimum absolute atomic E-state index is 0.0679. The highest BCUT2D eigenvalue weighted by atomic mass is 16.5. The van der Waals surface area contributed by atoms with Gasteiger partial charge < -0.3 is 19.7 Å². The lowest BCUT2D eigenvalue weighted by Gasteiger charge is -2.24. The van der Waals surface area contributed by atoms with Gasteiger partial charge in [-0.15, -0.1) is 0 Å². The van der Waals surface area contributed by atoms with Gasteiger partial charge in [-0.1, -0.05) is 12.1 Å². The number of hydrogen-bond acceptors (Lipinski definition) is 6. The minimum atomic E-state index is -1.99. The number of carbonyl (C=O) groups is 2. The van der Waals surface area contributed by atoms with Crippen LogP contribution in [0.2, 0.25) is 0 Å². The third-order valence-electron chi connectivity index (χ3n) is 2.66. The molecule has 0 fully saturated rings. The van der Waals surface area contributed by atoms with Gasteiger partial charge in [0.15, 0.2) is 5.60 Å². The van der Waals surface area contributed by atoms with E-state index in [1.54, 1.807) is 12.1 Å². The first-order chi connectivity index (χ1) is 8.91. The highest BCUT2D eigenvalue weighted by molar-refractivity contribution is 5.85. The second-order valence-corrected chi connectivity index (χ2v) is 4.12. The Bertz CT molecular complexity index is 453. The molecule has 1 rings (SSSR count). The standard InChI is InChI=1S/C13H16O6/c1-18-11(15)8-13(17,12(16)19-2)7-9-3-5-10(14)6-4-9/h3-6,14,17H,7-8H2,1-2H3/t13-/m0/s1. The van der Waals surface area contributed by atoms with Gasteiger partial charge in [0.2, 0.25) is 0 Å². The number of phenolic OH excluding ortho intramolecular Hbond substituents is 1. The molecule has 0 heterocycles. The summed E-state index contributed by atoms with van der Waals surface area (Å²) in [5.41, 5.74) is -1.41. The molecule has 1 atom stereocenters.